The van der Waals surface area contributed by atoms with Crippen LogP contribution in [0.3, 0.4) is 0 Å². The molecular weight excluding hydrogens is 242 g/mol. The van der Waals surface area contributed by atoms with Gasteiger partial charge in [0.1, 0.15) is 0 Å². The number of ether oxygens (including phenoxy) is 1. The van der Waals surface area contributed by atoms with Crippen LogP contribution in [0.1, 0.15) is 26.2 Å². The molecule has 0 spiro atoms. The van der Waals surface area contributed by atoms with E-state index in [0.29, 0.717) is 6.10 Å². The summed E-state index contributed by atoms with van der Waals surface area (Å²) < 4.78 is 5.69. The van der Waals surface area contributed by atoms with Crippen molar-refractivity contribution in [1.82, 2.24) is 4.90 Å². The van der Waals surface area contributed by atoms with Gasteiger partial charge in [0.05, 0.1) is 6.10 Å². The zero-order chi connectivity index (χ0) is 9.97. The van der Waals surface area contributed by atoms with Crippen molar-refractivity contribution in [3.63, 3.8) is 0 Å². The largest absolute Gasteiger partial charge is 0.377 e. The van der Waals surface area contributed by atoms with Gasteiger partial charge in [0.2, 0.25) is 0 Å². The third-order valence-electron chi connectivity index (χ3n) is 3.62. The van der Waals surface area contributed by atoms with Crippen molar-refractivity contribution < 1.29 is 4.74 Å². The minimum atomic E-state index is 0.516. The van der Waals surface area contributed by atoms with Gasteiger partial charge in [-0.1, -0.05) is 22.9 Å². The molecule has 3 atom stereocenters. The molecule has 0 saturated carbocycles. The van der Waals surface area contributed by atoms with Crippen LogP contribution in [0, 0.1) is 5.92 Å². The highest BCUT2D eigenvalue weighted by atomic mass is 79.9. The molecule has 2 heterocycles. The number of rotatable bonds is 3. The number of hydrogen-bond acceptors (Lipinski definition) is 2. The third-order valence-corrected chi connectivity index (χ3v) is 4.28. The Hall–Kier alpha value is 0.400. The molecule has 14 heavy (non-hydrogen) atoms. The molecular formula is C11H20BrNO. The molecule has 2 nitrogen and oxygen atoms in total. The monoisotopic (exact) mass is 261 g/mol. The molecule has 2 aliphatic rings. The maximum absolute atomic E-state index is 5.69. The van der Waals surface area contributed by atoms with Gasteiger partial charge in [-0.25, -0.2) is 0 Å². The van der Waals surface area contributed by atoms with Crippen molar-refractivity contribution in [3.8, 4) is 0 Å². The van der Waals surface area contributed by atoms with Crippen LogP contribution in [0.2, 0.25) is 0 Å². The van der Waals surface area contributed by atoms with Gasteiger partial charge in [-0.3, -0.25) is 4.90 Å². The second-order valence-corrected chi connectivity index (χ2v) is 5.27. The topological polar surface area (TPSA) is 12.5 Å². The zero-order valence-corrected chi connectivity index (χ0v) is 10.5. The van der Waals surface area contributed by atoms with Crippen molar-refractivity contribution >= 4 is 15.9 Å². The van der Waals surface area contributed by atoms with Crippen molar-refractivity contribution in [2.24, 2.45) is 5.92 Å². The summed E-state index contributed by atoms with van der Waals surface area (Å²) in [6.07, 6.45) is 4.39. The number of likely N-dealkylation sites (tertiary alicyclic amines) is 1. The van der Waals surface area contributed by atoms with Crippen LogP contribution in [0.25, 0.3) is 0 Å². The summed E-state index contributed by atoms with van der Waals surface area (Å²) in [5.74, 6) is 0.843. The van der Waals surface area contributed by atoms with Gasteiger partial charge in [-0.05, 0) is 31.7 Å². The van der Waals surface area contributed by atoms with Crippen LogP contribution in [0.5, 0.6) is 0 Å². The number of hydrogen-bond donors (Lipinski definition) is 0. The second kappa shape index (κ2) is 4.95. The van der Waals surface area contributed by atoms with Crippen molar-refractivity contribution in [2.75, 3.05) is 25.0 Å². The van der Waals surface area contributed by atoms with Crippen LogP contribution < -0.4 is 0 Å². The van der Waals surface area contributed by atoms with Gasteiger partial charge in [0.15, 0.2) is 0 Å². The first-order valence-corrected chi connectivity index (χ1v) is 6.85. The summed E-state index contributed by atoms with van der Waals surface area (Å²) >= 11 is 3.62. The average Bonchev–Trinajstić information content (AvgIpc) is 2.77. The molecule has 3 unspecified atom stereocenters. The zero-order valence-electron chi connectivity index (χ0n) is 8.92. The minimum absolute atomic E-state index is 0.516. The van der Waals surface area contributed by atoms with Crippen LogP contribution in [0.15, 0.2) is 0 Å². The molecule has 0 bridgehead atoms. The molecule has 3 heteroatoms. The fraction of sp³-hybridized carbons (Fsp3) is 1.00. The Balaban J connectivity index is 1.84. The maximum atomic E-state index is 5.69. The standard InChI is InChI=1S/C11H20BrNO/c1-9-4-5-13(11(9)7-12)8-10-3-2-6-14-10/h9-11H,2-8H2,1H3. The molecule has 0 aromatic carbocycles. The molecule has 0 amide bonds. The molecule has 82 valence electrons. The normalized spacial score (nSPS) is 39.4. The summed E-state index contributed by atoms with van der Waals surface area (Å²) in [6.45, 7) is 5.76. The highest BCUT2D eigenvalue weighted by molar-refractivity contribution is 9.09. The maximum Gasteiger partial charge on any atom is 0.0702 e. The van der Waals surface area contributed by atoms with E-state index in [0.717, 1.165) is 30.4 Å². The van der Waals surface area contributed by atoms with E-state index in [-0.39, 0.29) is 0 Å². The van der Waals surface area contributed by atoms with Gasteiger partial charge >= 0.3 is 0 Å². The van der Waals surface area contributed by atoms with Crippen LogP contribution in [-0.4, -0.2) is 42.1 Å². The molecule has 2 rings (SSSR count). The molecule has 2 fully saturated rings. The molecule has 0 aromatic heterocycles. The lowest BCUT2D eigenvalue weighted by Gasteiger charge is -2.27. The number of nitrogens with zero attached hydrogens (tertiary/aromatic N) is 1. The van der Waals surface area contributed by atoms with Gasteiger partial charge in [0.25, 0.3) is 0 Å². The summed E-state index contributed by atoms with van der Waals surface area (Å²) in [5.41, 5.74) is 0. The Labute approximate surface area is 95.1 Å². The molecule has 0 aromatic rings. The first kappa shape index (κ1) is 10.9. The summed E-state index contributed by atoms with van der Waals surface area (Å²) in [4.78, 5) is 2.61. The van der Waals surface area contributed by atoms with Crippen LogP contribution >= 0.6 is 15.9 Å². The first-order valence-electron chi connectivity index (χ1n) is 5.73. The Morgan fingerprint density at radius 2 is 2.29 bits per heavy atom. The lowest BCUT2D eigenvalue weighted by molar-refractivity contribution is 0.0695. The molecule has 2 saturated heterocycles. The molecule has 0 N–H and O–H groups in total. The average molecular weight is 262 g/mol. The molecule has 2 aliphatic heterocycles. The van der Waals surface area contributed by atoms with Gasteiger partial charge in [-0.2, -0.15) is 0 Å². The van der Waals surface area contributed by atoms with Crippen molar-refractivity contribution in [1.29, 1.82) is 0 Å². The van der Waals surface area contributed by atoms with E-state index >= 15 is 0 Å². The molecule has 0 radical (unpaired) electrons. The van der Waals surface area contributed by atoms with Crippen LogP contribution in [0.4, 0.5) is 0 Å². The Kier molecular flexibility index (Phi) is 3.86. The minimum Gasteiger partial charge on any atom is -0.377 e. The third kappa shape index (κ3) is 2.31. The lowest BCUT2D eigenvalue weighted by Crippen LogP contribution is -2.38. The highest BCUT2D eigenvalue weighted by Crippen LogP contribution is 2.27. The lowest BCUT2D eigenvalue weighted by atomic mass is 10.1. The van der Waals surface area contributed by atoms with Gasteiger partial charge in [0, 0.05) is 24.5 Å². The quantitative estimate of drug-likeness (QED) is 0.723. The van der Waals surface area contributed by atoms with Gasteiger partial charge < -0.3 is 4.74 Å². The second-order valence-electron chi connectivity index (χ2n) is 4.62. The fourth-order valence-electron chi connectivity index (χ4n) is 2.61. The summed E-state index contributed by atoms with van der Waals surface area (Å²) in [7, 11) is 0. The van der Waals surface area contributed by atoms with E-state index in [1.165, 1.54) is 25.8 Å². The van der Waals surface area contributed by atoms with E-state index in [9.17, 15) is 0 Å². The Bertz CT molecular complexity index is 182. The fourth-order valence-corrected chi connectivity index (χ4v) is 3.66. The van der Waals surface area contributed by atoms with E-state index in [4.69, 9.17) is 4.74 Å². The smallest absolute Gasteiger partial charge is 0.0702 e. The van der Waals surface area contributed by atoms with Crippen LogP contribution in [-0.2, 0) is 4.74 Å². The Morgan fingerprint density at radius 3 is 2.93 bits per heavy atom. The van der Waals surface area contributed by atoms with E-state index in [1.54, 1.807) is 0 Å². The predicted molar refractivity (Wildman–Crippen MR) is 61.9 cm³/mol. The summed E-state index contributed by atoms with van der Waals surface area (Å²) in [5, 5.41) is 1.11. The van der Waals surface area contributed by atoms with E-state index < -0.39 is 0 Å². The molecule has 0 aliphatic carbocycles. The SMILES string of the molecule is CC1CCN(CC2CCCO2)C1CBr. The number of alkyl halides is 1. The predicted octanol–water partition coefficient (Wildman–Crippen LogP) is 2.27. The van der Waals surface area contributed by atoms with E-state index in [2.05, 4.69) is 27.8 Å². The van der Waals surface area contributed by atoms with E-state index in [1.807, 2.05) is 0 Å². The first-order chi connectivity index (χ1) is 6.81. The number of halogens is 1. The summed E-state index contributed by atoms with van der Waals surface area (Å²) in [6, 6.07) is 0.735. The highest BCUT2D eigenvalue weighted by Gasteiger charge is 2.32. The van der Waals surface area contributed by atoms with Gasteiger partial charge in [-0.15, -0.1) is 0 Å². The van der Waals surface area contributed by atoms with Crippen molar-refractivity contribution in [2.45, 2.75) is 38.3 Å². The van der Waals surface area contributed by atoms with Crippen molar-refractivity contribution in [3.05, 3.63) is 0 Å². The Morgan fingerprint density at radius 1 is 1.43 bits per heavy atom.